The van der Waals surface area contributed by atoms with Gasteiger partial charge in [-0.25, -0.2) is 0 Å². The van der Waals surface area contributed by atoms with Crippen molar-refractivity contribution in [2.75, 3.05) is 25.5 Å². The molecule has 1 saturated heterocycles. The lowest BCUT2D eigenvalue weighted by Crippen LogP contribution is -2.54. The minimum atomic E-state index is -1.41. The summed E-state index contributed by atoms with van der Waals surface area (Å²) in [6, 6.07) is 16.4. The van der Waals surface area contributed by atoms with E-state index in [9.17, 15) is 14.9 Å². The normalized spacial score (nSPS) is 22.6. The van der Waals surface area contributed by atoms with Crippen LogP contribution in [0.4, 0.5) is 5.69 Å². The molecule has 0 aromatic heterocycles. The molecule has 192 valence electrons. The number of anilines is 1. The molecular formula is C27H25Cl2N3O5. The zero-order chi connectivity index (χ0) is 26.3. The fourth-order valence-electron chi connectivity index (χ4n) is 5.52. The Morgan fingerprint density at radius 3 is 2.62 bits per heavy atom. The molecule has 0 bridgehead atoms. The monoisotopic (exact) mass is 541 g/mol. The molecule has 0 unspecified atom stereocenters. The van der Waals surface area contributed by atoms with Gasteiger partial charge in [-0.05, 0) is 49.9 Å². The summed E-state index contributed by atoms with van der Waals surface area (Å²) in [7, 11) is 1.76. The van der Waals surface area contributed by atoms with Gasteiger partial charge in [0.2, 0.25) is 0 Å². The van der Waals surface area contributed by atoms with Crippen molar-refractivity contribution in [2.45, 2.75) is 31.0 Å². The molecule has 10 heteroatoms. The van der Waals surface area contributed by atoms with Gasteiger partial charge in [-0.15, -0.1) is 0 Å². The second-order valence-corrected chi connectivity index (χ2v) is 9.99. The molecule has 3 aromatic rings. The number of carbonyl (C=O) groups is 1. The molecule has 0 aliphatic carbocycles. The van der Waals surface area contributed by atoms with Crippen molar-refractivity contribution >= 4 is 34.8 Å². The number of hydrogen-bond donors (Lipinski definition) is 1. The predicted molar refractivity (Wildman–Crippen MR) is 141 cm³/mol. The van der Waals surface area contributed by atoms with Crippen LogP contribution in [0.5, 0.6) is 11.5 Å². The standard InChI is InChI=1S/C27H25Cl2N3O5/c1-3-36-24-12-16(9-11-23(24)37-15-17-8-10-18(28)13-21(17)29)19-14-31(2)27(25(19)32(34)35)20-6-4-5-7-22(20)30-26(27)33/h4-13,19,25H,3,14-15H2,1-2H3,(H,30,33)/t19-,25+,27+/m0/s1. The number of halogens is 2. The molecule has 1 fully saturated rings. The molecule has 5 rings (SSSR count). The van der Waals surface area contributed by atoms with E-state index in [2.05, 4.69) is 5.32 Å². The Hall–Kier alpha value is -3.33. The van der Waals surface area contributed by atoms with E-state index >= 15 is 0 Å². The highest BCUT2D eigenvalue weighted by Gasteiger charge is 2.68. The van der Waals surface area contributed by atoms with Gasteiger partial charge in [-0.2, -0.15) is 0 Å². The molecule has 3 atom stereocenters. The second kappa shape index (κ2) is 9.85. The molecule has 8 nitrogen and oxygen atoms in total. The number of likely N-dealkylation sites (tertiary alicyclic amines) is 1. The lowest BCUT2D eigenvalue weighted by atomic mass is 9.79. The van der Waals surface area contributed by atoms with E-state index in [-0.39, 0.29) is 17.4 Å². The van der Waals surface area contributed by atoms with E-state index < -0.39 is 17.5 Å². The molecule has 1 spiro atoms. The zero-order valence-corrected chi connectivity index (χ0v) is 21.8. The van der Waals surface area contributed by atoms with Crippen LogP contribution in [-0.4, -0.2) is 42.0 Å². The Morgan fingerprint density at radius 1 is 1.11 bits per heavy atom. The minimum absolute atomic E-state index is 0.194. The van der Waals surface area contributed by atoms with Gasteiger partial charge in [-0.3, -0.25) is 19.8 Å². The van der Waals surface area contributed by atoms with Crippen LogP contribution in [0, 0.1) is 10.1 Å². The summed E-state index contributed by atoms with van der Waals surface area (Å²) in [4.78, 5) is 27.4. The van der Waals surface area contributed by atoms with Crippen LogP contribution in [0.2, 0.25) is 10.0 Å². The van der Waals surface area contributed by atoms with Crippen molar-refractivity contribution in [3.8, 4) is 11.5 Å². The lowest BCUT2D eigenvalue weighted by Gasteiger charge is -2.30. The number of amides is 1. The first-order valence-electron chi connectivity index (χ1n) is 11.9. The van der Waals surface area contributed by atoms with Crippen molar-refractivity contribution < 1.29 is 19.2 Å². The quantitative estimate of drug-likeness (QED) is 0.314. The number of ether oxygens (including phenoxy) is 2. The van der Waals surface area contributed by atoms with Crippen LogP contribution in [0.25, 0.3) is 0 Å². The maximum absolute atomic E-state index is 13.3. The highest BCUT2D eigenvalue weighted by atomic mass is 35.5. The SMILES string of the molecule is CCOc1cc([C@@H]2CN(C)[C@@]3(C(=O)Nc4ccccc43)[C@@H]2[N+](=O)[O-])ccc1OCc1ccc(Cl)cc1Cl. The number of carbonyl (C=O) groups excluding carboxylic acids is 1. The Labute approximate surface area is 224 Å². The number of nitrogens with zero attached hydrogens (tertiary/aromatic N) is 2. The van der Waals surface area contributed by atoms with Gasteiger partial charge in [0, 0.05) is 38.3 Å². The molecule has 2 aliphatic rings. The number of nitro groups is 1. The number of nitrogens with one attached hydrogen (secondary N) is 1. The third-order valence-electron chi connectivity index (χ3n) is 7.14. The van der Waals surface area contributed by atoms with Gasteiger partial charge in [0.25, 0.3) is 11.9 Å². The average molecular weight is 542 g/mol. The molecule has 37 heavy (non-hydrogen) atoms. The molecule has 1 amide bonds. The number of rotatable bonds is 7. The Balaban J connectivity index is 1.49. The first-order chi connectivity index (χ1) is 17.8. The summed E-state index contributed by atoms with van der Waals surface area (Å²) in [6.45, 7) is 2.74. The summed E-state index contributed by atoms with van der Waals surface area (Å²) in [5.74, 6) is 0.00690. The fourth-order valence-corrected chi connectivity index (χ4v) is 5.98. The van der Waals surface area contributed by atoms with Gasteiger partial charge in [0.15, 0.2) is 17.0 Å². The predicted octanol–water partition coefficient (Wildman–Crippen LogP) is 5.49. The van der Waals surface area contributed by atoms with Crippen molar-refractivity contribution in [1.82, 2.24) is 4.90 Å². The third-order valence-corrected chi connectivity index (χ3v) is 7.72. The smallest absolute Gasteiger partial charge is 0.256 e. The lowest BCUT2D eigenvalue weighted by molar-refractivity contribution is -0.534. The van der Waals surface area contributed by atoms with Crippen molar-refractivity contribution in [3.63, 3.8) is 0 Å². The summed E-state index contributed by atoms with van der Waals surface area (Å²) in [5.41, 5.74) is 1.28. The van der Waals surface area contributed by atoms with E-state index in [1.807, 2.05) is 6.92 Å². The van der Waals surface area contributed by atoms with Crippen LogP contribution < -0.4 is 14.8 Å². The Bertz CT molecular complexity index is 1380. The minimum Gasteiger partial charge on any atom is -0.490 e. The number of likely N-dealkylation sites (N-methyl/N-ethyl adjacent to an activating group) is 1. The van der Waals surface area contributed by atoms with Gasteiger partial charge in [-0.1, -0.05) is 53.5 Å². The maximum atomic E-state index is 13.3. The number of hydrogen-bond acceptors (Lipinski definition) is 6. The molecule has 1 N–H and O–H groups in total. The molecular weight excluding hydrogens is 517 g/mol. The number of fused-ring (bicyclic) bond motifs is 2. The van der Waals surface area contributed by atoms with E-state index in [1.54, 1.807) is 72.6 Å². The van der Waals surface area contributed by atoms with Crippen molar-refractivity contribution in [3.05, 3.63) is 97.5 Å². The third kappa shape index (κ3) is 4.19. The van der Waals surface area contributed by atoms with Crippen LogP contribution >= 0.6 is 23.2 Å². The summed E-state index contributed by atoms with van der Waals surface area (Å²) >= 11 is 12.3. The van der Waals surface area contributed by atoms with E-state index in [0.717, 1.165) is 5.56 Å². The zero-order valence-electron chi connectivity index (χ0n) is 20.2. The first-order valence-corrected chi connectivity index (χ1v) is 12.6. The summed E-state index contributed by atoms with van der Waals surface area (Å²) in [5, 5.41) is 16.4. The largest absolute Gasteiger partial charge is 0.490 e. The molecule has 3 aromatic carbocycles. The number of para-hydroxylation sites is 1. The number of benzene rings is 3. The van der Waals surface area contributed by atoms with E-state index in [0.29, 0.717) is 51.5 Å². The van der Waals surface area contributed by atoms with E-state index in [1.165, 1.54) is 0 Å². The van der Waals surface area contributed by atoms with Crippen LogP contribution in [0.1, 0.15) is 29.5 Å². The molecule has 2 aliphatic heterocycles. The van der Waals surface area contributed by atoms with Crippen LogP contribution in [-0.2, 0) is 16.9 Å². The van der Waals surface area contributed by atoms with Crippen LogP contribution in [0.3, 0.4) is 0 Å². The Kier molecular flexibility index (Phi) is 6.74. The van der Waals surface area contributed by atoms with Crippen molar-refractivity contribution in [2.24, 2.45) is 0 Å². The second-order valence-electron chi connectivity index (χ2n) is 9.15. The fraction of sp³-hybridized carbons (Fsp3) is 0.296. The van der Waals surface area contributed by atoms with Gasteiger partial charge < -0.3 is 14.8 Å². The highest BCUT2D eigenvalue weighted by molar-refractivity contribution is 6.35. The topological polar surface area (TPSA) is 93.9 Å². The van der Waals surface area contributed by atoms with Gasteiger partial charge in [0.1, 0.15) is 6.61 Å². The molecule has 0 radical (unpaired) electrons. The molecule has 0 saturated carbocycles. The van der Waals surface area contributed by atoms with E-state index in [4.69, 9.17) is 32.7 Å². The average Bonchev–Trinajstić information content (AvgIpc) is 3.34. The summed E-state index contributed by atoms with van der Waals surface area (Å²) < 4.78 is 11.9. The molecule has 2 heterocycles. The first kappa shape index (κ1) is 25.3. The van der Waals surface area contributed by atoms with Crippen LogP contribution in [0.15, 0.2) is 60.7 Å². The van der Waals surface area contributed by atoms with Gasteiger partial charge >= 0.3 is 0 Å². The maximum Gasteiger partial charge on any atom is 0.256 e. The van der Waals surface area contributed by atoms with Gasteiger partial charge in [0.05, 0.1) is 12.5 Å². The Morgan fingerprint density at radius 2 is 1.89 bits per heavy atom. The van der Waals surface area contributed by atoms with Crippen molar-refractivity contribution in [1.29, 1.82) is 0 Å². The summed E-state index contributed by atoms with van der Waals surface area (Å²) in [6.07, 6.45) is 0. The highest BCUT2D eigenvalue weighted by Crippen LogP contribution is 2.52.